The van der Waals surface area contributed by atoms with Gasteiger partial charge in [-0.3, -0.25) is 0 Å². The van der Waals surface area contributed by atoms with Gasteiger partial charge in [0.05, 0.1) is 23.9 Å². The van der Waals surface area contributed by atoms with Gasteiger partial charge < -0.3 is 14.8 Å². The Morgan fingerprint density at radius 1 is 1.03 bits per heavy atom. The zero-order chi connectivity index (χ0) is 24.0. The first kappa shape index (κ1) is 23.5. The molecule has 2 aromatic carbocycles. The SMILES string of the molecule is COCCOc1ccc(CNc2ncnc3c2cnn3-c2cccc(C#C[Si](C)(C)C)c2)cc1. The standard InChI is InChI=1S/C26H29N5O2Si/c1-32-13-14-33-23-10-8-21(9-11-23)17-27-25-24-18-30-31(26(24)29-19-28-25)22-7-5-6-20(16-22)12-15-34(2,3)4/h5-11,16,18-19H,13-14,17H2,1-4H3,(H,27,28,29). The topological polar surface area (TPSA) is 74.1 Å². The Kier molecular flexibility index (Phi) is 7.26. The summed E-state index contributed by atoms with van der Waals surface area (Å²) in [6.45, 7) is 8.43. The number of ether oxygens (including phenoxy) is 2. The third-order valence-electron chi connectivity index (χ3n) is 4.98. The second kappa shape index (κ2) is 10.5. The van der Waals surface area contributed by atoms with Crippen LogP contribution < -0.4 is 10.1 Å². The Bertz CT molecular complexity index is 1320. The fraction of sp³-hybridized carbons (Fsp3) is 0.269. The monoisotopic (exact) mass is 471 g/mol. The lowest BCUT2D eigenvalue weighted by atomic mass is 10.2. The third kappa shape index (κ3) is 6.01. The van der Waals surface area contributed by atoms with Gasteiger partial charge >= 0.3 is 0 Å². The molecule has 0 amide bonds. The zero-order valence-corrected chi connectivity index (χ0v) is 21.0. The second-order valence-corrected chi connectivity index (χ2v) is 13.7. The fourth-order valence-electron chi connectivity index (χ4n) is 3.28. The van der Waals surface area contributed by atoms with E-state index in [0.717, 1.165) is 39.4 Å². The summed E-state index contributed by atoms with van der Waals surface area (Å²) < 4.78 is 12.5. The van der Waals surface area contributed by atoms with Crippen LogP contribution in [0.1, 0.15) is 11.1 Å². The summed E-state index contributed by atoms with van der Waals surface area (Å²) in [7, 11) is 0.212. The molecule has 0 saturated carbocycles. The van der Waals surface area contributed by atoms with E-state index < -0.39 is 8.07 Å². The van der Waals surface area contributed by atoms with Gasteiger partial charge in [-0.15, -0.1) is 5.54 Å². The summed E-state index contributed by atoms with van der Waals surface area (Å²) in [5.41, 5.74) is 7.18. The first-order chi connectivity index (χ1) is 16.4. The molecule has 2 aromatic heterocycles. The Hall–Kier alpha value is -3.67. The lowest BCUT2D eigenvalue weighted by molar-refractivity contribution is 0.146. The summed E-state index contributed by atoms with van der Waals surface area (Å²) in [5, 5.41) is 8.85. The molecule has 0 aliphatic carbocycles. The van der Waals surface area contributed by atoms with Crippen molar-refractivity contribution in [2.24, 2.45) is 0 Å². The van der Waals surface area contributed by atoms with Gasteiger partial charge in [0.2, 0.25) is 0 Å². The average molecular weight is 472 g/mol. The highest BCUT2D eigenvalue weighted by Crippen LogP contribution is 2.23. The first-order valence-corrected chi connectivity index (χ1v) is 14.7. The van der Waals surface area contributed by atoms with Gasteiger partial charge in [-0.25, -0.2) is 14.6 Å². The van der Waals surface area contributed by atoms with Crippen LogP contribution in [0.3, 0.4) is 0 Å². The van der Waals surface area contributed by atoms with E-state index >= 15 is 0 Å². The summed E-state index contributed by atoms with van der Waals surface area (Å²) in [6, 6.07) is 16.1. The molecule has 0 aliphatic heterocycles. The smallest absolute Gasteiger partial charge is 0.168 e. The maximum absolute atomic E-state index is 5.62. The quantitative estimate of drug-likeness (QED) is 0.228. The summed E-state index contributed by atoms with van der Waals surface area (Å²) >= 11 is 0. The molecule has 0 radical (unpaired) electrons. The molecule has 4 aromatic rings. The highest BCUT2D eigenvalue weighted by Gasteiger charge is 2.12. The maximum Gasteiger partial charge on any atom is 0.168 e. The molecule has 0 bridgehead atoms. The van der Waals surface area contributed by atoms with Crippen molar-refractivity contribution in [3.63, 3.8) is 0 Å². The molecule has 34 heavy (non-hydrogen) atoms. The van der Waals surface area contributed by atoms with Crippen LogP contribution in [0, 0.1) is 11.5 Å². The molecule has 0 saturated heterocycles. The van der Waals surface area contributed by atoms with Crippen LogP contribution >= 0.6 is 0 Å². The predicted molar refractivity (Wildman–Crippen MR) is 138 cm³/mol. The number of anilines is 1. The minimum absolute atomic E-state index is 0.533. The Balaban J connectivity index is 1.51. The average Bonchev–Trinajstić information content (AvgIpc) is 3.27. The molecule has 2 heterocycles. The summed E-state index contributed by atoms with van der Waals surface area (Å²) in [6.07, 6.45) is 3.36. The van der Waals surface area contributed by atoms with Crippen molar-refractivity contribution >= 4 is 24.9 Å². The number of nitrogens with zero attached hydrogens (tertiary/aromatic N) is 4. The number of rotatable bonds is 8. The molecule has 4 rings (SSSR count). The minimum atomic E-state index is -1.45. The lowest BCUT2D eigenvalue weighted by Crippen LogP contribution is -2.16. The first-order valence-electron chi connectivity index (χ1n) is 11.2. The van der Waals surface area contributed by atoms with E-state index in [1.54, 1.807) is 19.6 Å². The number of aromatic nitrogens is 4. The van der Waals surface area contributed by atoms with Crippen LogP contribution in [0.25, 0.3) is 16.7 Å². The maximum atomic E-state index is 5.62. The van der Waals surface area contributed by atoms with Crippen molar-refractivity contribution < 1.29 is 9.47 Å². The van der Waals surface area contributed by atoms with E-state index in [1.807, 2.05) is 53.2 Å². The van der Waals surface area contributed by atoms with Gasteiger partial charge in [0.1, 0.15) is 32.6 Å². The van der Waals surface area contributed by atoms with Crippen molar-refractivity contribution in [1.82, 2.24) is 19.7 Å². The van der Waals surface area contributed by atoms with Crippen molar-refractivity contribution in [1.29, 1.82) is 0 Å². The summed E-state index contributed by atoms with van der Waals surface area (Å²) in [4.78, 5) is 8.93. The second-order valence-electron chi connectivity index (χ2n) is 8.91. The van der Waals surface area contributed by atoms with Gasteiger partial charge in [-0.1, -0.05) is 43.8 Å². The van der Waals surface area contributed by atoms with E-state index in [4.69, 9.17) is 9.47 Å². The van der Waals surface area contributed by atoms with Gasteiger partial charge in [-0.2, -0.15) is 5.10 Å². The molecule has 7 nitrogen and oxygen atoms in total. The Morgan fingerprint density at radius 2 is 1.85 bits per heavy atom. The Morgan fingerprint density at radius 3 is 2.62 bits per heavy atom. The van der Waals surface area contributed by atoms with Crippen LogP contribution in [0.2, 0.25) is 19.6 Å². The zero-order valence-electron chi connectivity index (χ0n) is 20.0. The molecule has 174 valence electrons. The number of fused-ring (bicyclic) bond motifs is 1. The predicted octanol–water partition coefficient (Wildman–Crippen LogP) is 4.68. The van der Waals surface area contributed by atoms with E-state index in [0.29, 0.717) is 19.8 Å². The molecule has 0 unspecified atom stereocenters. The molecule has 1 N–H and O–H groups in total. The highest BCUT2D eigenvalue weighted by molar-refractivity contribution is 6.83. The third-order valence-corrected chi connectivity index (χ3v) is 5.85. The number of hydrogen-bond acceptors (Lipinski definition) is 6. The van der Waals surface area contributed by atoms with Crippen LogP contribution in [0.15, 0.2) is 61.1 Å². The minimum Gasteiger partial charge on any atom is -0.491 e. The Labute approximate surface area is 201 Å². The molecular formula is C26H29N5O2Si. The van der Waals surface area contributed by atoms with Gasteiger partial charge in [-0.05, 0) is 35.9 Å². The van der Waals surface area contributed by atoms with E-state index in [1.165, 1.54) is 0 Å². The van der Waals surface area contributed by atoms with Crippen molar-refractivity contribution in [3.8, 4) is 22.9 Å². The van der Waals surface area contributed by atoms with Crippen molar-refractivity contribution in [2.45, 2.75) is 26.2 Å². The lowest BCUT2D eigenvalue weighted by Gasteiger charge is -2.09. The van der Waals surface area contributed by atoms with E-state index in [2.05, 4.69) is 51.5 Å². The molecule has 0 atom stereocenters. The van der Waals surface area contributed by atoms with Crippen LogP contribution in [-0.2, 0) is 11.3 Å². The van der Waals surface area contributed by atoms with E-state index in [9.17, 15) is 0 Å². The van der Waals surface area contributed by atoms with Crippen molar-refractivity contribution in [2.75, 3.05) is 25.6 Å². The highest BCUT2D eigenvalue weighted by atomic mass is 28.3. The van der Waals surface area contributed by atoms with Gasteiger partial charge in [0, 0.05) is 19.2 Å². The molecular weight excluding hydrogens is 442 g/mol. The fourth-order valence-corrected chi connectivity index (χ4v) is 3.80. The number of benzene rings is 2. The normalized spacial score (nSPS) is 11.2. The molecule has 0 aliphatic rings. The van der Waals surface area contributed by atoms with Gasteiger partial charge in [0.15, 0.2) is 5.65 Å². The molecule has 0 spiro atoms. The van der Waals surface area contributed by atoms with Crippen molar-refractivity contribution in [3.05, 3.63) is 72.2 Å². The largest absolute Gasteiger partial charge is 0.491 e. The molecule has 0 fully saturated rings. The van der Waals surface area contributed by atoms with Crippen LogP contribution in [-0.4, -0.2) is 48.1 Å². The van der Waals surface area contributed by atoms with Crippen LogP contribution in [0.5, 0.6) is 5.75 Å². The molecule has 8 heteroatoms. The summed E-state index contributed by atoms with van der Waals surface area (Å²) in [5.74, 6) is 4.88. The van der Waals surface area contributed by atoms with Crippen LogP contribution in [0.4, 0.5) is 5.82 Å². The number of methoxy groups -OCH3 is 1. The van der Waals surface area contributed by atoms with E-state index in [-0.39, 0.29) is 0 Å². The number of hydrogen-bond donors (Lipinski definition) is 1. The van der Waals surface area contributed by atoms with Gasteiger partial charge in [0.25, 0.3) is 0 Å². The number of nitrogens with one attached hydrogen (secondary N) is 1.